The number of aromatic hydroxyl groups is 1. The second-order valence-electron chi connectivity index (χ2n) is 11.0. The second-order valence-corrected chi connectivity index (χ2v) is 11.0. The molecule has 2 N–H and O–H groups in total. The molecule has 0 aromatic heterocycles. The molecular weight excluding hydrogens is 392 g/mol. The first-order valence-electron chi connectivity index (χ1n) is 11.8. The average molecular weight is 423 g/mol. The Morgan fingerprint density at radius 2 is 2.06 bits per heavy atom. The summed E-state index contributed by atoms with van der Waals surface area (Å²) in [6.45, 7) is 2.11. The molecule has 5 aliphatic carbocycles. The number of amides is 1. The van der Waals surface area contributed by atoms with Crippen molar-refractivity contribution in [1.82, 2.24) is 9.80 Å². The molecule has 0 unspecified atom stereocenters. The zero-order valence-electron chi connectivity index (χ0n) is 18.2. The quantitative estimate of drug-likeness (QED) is 0.779. The van der Waals surface area contributed by atoms with Gasteiger partial charge in [-0.2, -0.15) is 0 Å². The van der Waals surface area contributed by atoms with E-state index in [1.807, 2.05) is 0 Å². The topological polar surface area (TPSA) is 73.2 Å². The third-order valence-corrected chi connectivity index (χ3v) is 9.47. The molecule has 1 amide bonds. The van der Waals surface area contributed by atoms with Gasteiger partial charge in [0.1, 0.15) is 11.7 Å². The highest BCUT2D eigenvalue weighted by Crippen LogP contribution is 2.74. The van der Waals surface area contributed by atoms with E-state index in [1.54, 1.807) is 25.1 Å². The first kappa shape index (κ1) is 18.5. The van der Waals surface area contributed by atoms with Crippen LogP contribution in [0.4, 0.5) is 0 Å². The van der Waals surface area contributed by atoms with E-state index in [-0.39, 0.29) is 22.5 Å². The number of rotatable bonds is 3. The number of likely N-dealkylation sites (tertiary alicyclic amines) is 1. The number of ether oxygens (including phenoxy) is 1. The molecule has 2 saturated carbocycles. The number of carbonyl (C=O) groups excluding carboxylic acids is 1. The average Bonchev–Trinajstić information content (AvgIpc) is 3.48. The first-order chi connectivity index (χ1) is 14.8. The maximum absolute atomic E-state index is 13.3. The number of piperidine rings is 1. The summed E-state index contributed by atoms with van der Waals surface area (Å²) in [6, 6.07) is 4.10. The predicted octanol–water partition coefficient (Wildman–Crippen LogP) is 1.97. The summed E-state index contributed by atoms with van der Waals surface area (Å²) in [4.78, 5) is 17.5. The van der Waals surface area contributed by atoms with E-state index in [2.05, 4.69) is 17.0 Å². The van der Waals surface area contributed by atoms with E-state index >= 15 is 0 Å². The van der Waals surface area contributed by atoms with Gasteiger partial charge in [-0.05, 0) is 62.6 Å². The molecule has 1 saturated heterocycles. The Kier molecular flexibility index (Phi) is 3.26. The van der Waals surface area contributed by atoms with Gasteiger partial charge in [-0.15, -0.1) is 0 Å². The van der Waals surface area contributed by atoms with Crippen LogP contribution in [-0.2, 0) is 16.6 Å². The van der Waals surface area contributed by atoms with Crippen molar-refractivity contribution >= 4 is 5.91 Å². The molecule has 31 heavy (non-hydrogen) atoms. The largest absolute Gasteiger partial charge is 0.504 e. The number of hydrogen-bond donors (Lipinski definition) is 2. The van der Waals surface area contributed by atoms with E-state index in [0.29, 0.717) is 23.8 Å². The summed E-state index contributed by atoms with van der Waals surface area (Å²) in [5.74, 6) is 1.37. The molecule has 2 heterocycles. The van der Waals surface area contributed by atoms with Crippen molar-refractivity contribution in [1.29, 1.82) is 0 Å². The van der Waals surface area contributed by atoms with Gasteiger partial charge in [-0.1, -0.05) is 12.1 Å². The van der Waals surface area contributed by atoms with Crippen molar-refractivity contribution in [2.45, 2.75) is 61.7 Å². The number of aliphatic hydroxyl groups is 1. The molecule has 7 aliphatic rings. The molecule has 6 heteroatoms. The second kappa shape index (κ2) is 5.46. The van der Waals surface area contributed by atoms with Gasteiger partial charge in [0.2, 0.25) is 0 Å². The molecule has 4 bridgehead atoms. The molecule has 2 aliphatic heterocycles. The zero-order chi connectivity index (χ0) is 21.3. The maximum Gasteiger partial charge on any atom is 0.252 e. The fourth-order valence-electron chi connectivity index (χ4n) is 8.04. The highest BCUT2D eigenvalue weighted by molar-refractivity contribution is 5.96. The highest BCUT2D eigenvalue weighted by atomic mass is 16.5. The number of likely N-dealkylation sites (N-methyl/N-ethyl adjacent to an activating group) is 1. The van der Waals surface area contributed by atoms with Crippen molar-refractivity contribution in [3.05, 3.63) is 34.9 Å². The summed E-state index contributed by atoms with van der Waals surface area (Å²) >= 11 is 0. The number of phenolic OH excluding ortho intramolecular Hbond substituents is 1. The third kappa shape index (κ3) is 1.92. The molecule has 5 atom stereocenters. The van der Waals surface area contributed by atoms with Crippen LogP contribution in [0.1, 0.15) is 43.2 Å². The lowest BCUT2D eigenvalue weighted by molar-refractivity contribution is -0.188. The van der Waals surface area contributed by atoms with Gasteiger partial charge in [-0.25, -0.2) is 0 Å². The standard InChI is InChI=1S/C25H30N2O4/c1-26(2)21(29)16-12-23-7-8-25(16,30)22-24(23)9-10-27(13-14-3-4-14)18(23)11-15-5-6-17(28)20(31-22)19(15)24/h5-6,12,14,18,22,28,30H,3-4,7-11,13H2,1-2H3/t18-,22-,23-,24+,25-/m1/s1. The number of benzene rings is 1. The van der Waals surface area contributed by atoms with Crippen LogP contribution in [0.2, 0.25) is 0 Å². The number of phenols is 1. The minimum absolute atomic E-state index is 0.127. The summed E-state index contributed by atoms with van der Waals surface area (Å²) in [5.41, 5.74) is 0.914. The SMILES string of the molecule is CN(C)C(=O)C1=C[C@@]23CC[C@]1(O)[C@@H]1Oc4c(O)ccc5c4[C@@]12CCN(CC1CC1)[C@@H]3C5. The molecule has 1 aromatic carbocycles. The number of carbonyl (C=O) groups is 1. The minimum atomic E-state index is -1.33. The van der Waals surface area contributed by atoms with Crippen LogP contribution >= 0.6 is 0 Å². The number of hydrogen-bond acceptors (Lipinski definition) is 5. The van der Waals surface area contributed by atoms with Crippen molar-refractivity contribution in [3.63, 3.8) is 0 Å². The Labute approximate surface area is 182 Å². The fourth-order valence-corrected chi connectivity index (χ4v) is 8.04. The Balaban J connectivity index is 1.51. The Hall–Kier alpha value is -2.05. The van der Waals surface area contributed by atoms with Crippen LogP contribution in [0.3, 0.4) is 0 Å². The van der Waals surface area contributed by atoms with E-state index in [4.69, 9.17) is 4.74 Å². The summed E-state index contributed by atoms with van der Waals surface area (Å²) in [7, 11) is 3.50. The molecule has 3 fully saturated rings. The molecule has 6 nitrogen and oxygen atoms in total. The third-order valence-electron chi connectivity index (χ3n) is 9.47. The van der Waals surface area contributed by atoms with Crippen molar-refractivity contribution in [2.24, 2.45) is 11.3 Å². The molecular formula is C25H30N2O4. The molecule has 1 aromatic rings. The maximum atomic E-state index is 13.3. The number of nitrogens with zero attached hydrogens (tertiary/aromatic N) is 2. The van der Waals surface area contributed by atoms with Gasteiger partial charge in [0.05, 0.1) is 5.41 Å². The van der Waals surface area contributed by atoms with Crippen LogP contribution in [0.25, 0.3) is 0 Å². The zero-order valence-corrected chi connectivity index (χ0v) is 18.2. The van der Waals surface area contributed by atoms with Crippen LogP contribution in [0.15, 0.2) is 23.8 Å². The molecule has 2 spiro atoms. The van der Waals surface area contributed by atoms with E-state index in [1.165, 1.54) is 18.4 Å². The van der Waals surface area contributed by atoms with Gasteiger partial charge in [-0.3, -0.25) is 9.69 Å². The van der Waals surface area contributed by atoms with Gasteiger partial charge in [0.15, 0.2) is 11.5 Å². The first-order valence-corrected chi connectivity index (χ1v) is 11.8. The van der Waals surface area contributed by atoms with Crippen LogP contribution in [-0.4, -0.2) is 70.9 Å². The lowest BCUT2D eigenvalue weighted by Crippen LogP contribution is -2.78. The van der Waals surface area contributed by atoms with Crippen LogP contribution in [0.5, 0.6) is 11.5 Å². The summed E-state index contributed by atoms with van der Waals surface area (Å²) in [6.07, 6.45) is 7.48. The lowest BCUT2D eigenvalue weighted by Gasteiger charge is -2.70. The van der Waals surface area contributed by atoms with Crippen LogP contribution < -0.4 is 4.74 Å². The van der Waals surface area contributed by atoms with E-state index in [0.717, 1.165) is 43.8 Å². The van der Waals surface area contributed by atoms with Gasteiger partial charge in [0, 0.05) is 43.2 Å². The van der Waals surface area contributed by atoms with Gasteiger partial charge in [0.25, 0.3) is 5.91 Å². The molecule has 8 rings (SSSR count). The number of fused-ring (bicyclic) bond motifs is 1. The van der Waals surface area contributed by atoms with E-state index in [9.17, 15) is 15.0 Å². The molecule has 0 radical (unpaired) electrons. The smallest absolute Gasteiger partial charge is 0.252 e. The van der Waals surface area contributed by atoms with Crippen molar-refractivity contribution < 1.29 is 19.7 Å². The monoisotopic (exact) mass is 422 g/mol. The fraction of sp³-hybridized carbons (Fsp3) is 0.640. The van der Waals surface area contributed by atoms with Gasteiger partial charge >= 0.3 is 0 Å². The molecule has 164 valence electrons. The van der Waals surface area contributed by atoms with Crippen molar-refractivity contribution in [2.75, 3.05) is 27.2 Å². The Morgan fingerprint density at radius 1 is 1.26 bits per heavy atom. The lowest BCUT2D eigenvalue weighted by atomic mass is 9.38. The normalized spacial score (nSPS) is 41.5. The van der Waals surface area contributed by atoms with Crippen molar-refractivity contribution in [3.8, 4) is 11.5 Å². The van der Waals surface area contributed by atoms with Gasteiger partial charge < -0.3 is 19.8 Å². The Bertz CT molecular complexity index is 1060. The minimum Gasteiger partial charge on any atom is -0.504 e. The predicted molar refractivity (Wildman–Crippen MR) is 114 cm³/mol. The Morgan fingerprint density at radius 3 is 2.81 bits per heavy atom. The summed E-state index contributed by atoms with van der Waals surface area (Å²) < 4.78 is 6.50. The highest BCUT2D eigenvalue weighted by Gasteiger charge is 2.78. The van der Waals surface area contributed by atoms with E-state index < -0.39 is 11.7 Å². The summed E-state index contributed by atoms with van der Waals surface area (Å²) in [5, 5.41) is 22.8. The van der Waals surface area contributed by atoms with Crippen LogP contribution in [0, 0.1) is 11.3 Å².